The molecule has 0 aliphatic heterocycles. The van der Waals surface area contributed by atoms with Crippen molar-refractivity contribution in [2.45, 2.75) is 73.6 Å². The zero-order chi connectivity index (χ0) is 22.5. The second-order valence-corrected chi connectivity index (χ2v) is 8.56. The molecule has 1 unspecified atom stereocenters. The lowest BCUT2D eigenvalue weighted by molar-refractivity contribution is 0.473. The predicted molar refractivity (Wildman–Crippen MR) is 138 cm³/mol. The third-order valence-corrected chi connectivity index (χ3v) is 5.80. The Morgan fingerprint density at radius 1 is 0.933 bits per heavy atom. The van der Waals surface area contributed by atoms with Gasteiger partial charge in [0, 0.05) is 0 Å². The molecule has 1 atom stereocenters. The molecule has 0 fully saturated rings. The average Bonchev–Trinajstić information content (AvgIpc) is 2.70. The second-order valence-electron chi connectivity index (χ2n) is 8.56. The smallest absolute Gasteiger partial charge is 0.0195 e. The highest BCUT2D eigenvalue weighted by Crippen LogP contribution is 2.25. The van der Waals surface area contributed by atoms with Crippen molar-refractivity contribution in [2.24, 2.45) is 5.92 Å². The molecule has 0 amide bonds. The maximum atomic E-state index is 3.93. The van der Waals surface area contributed by atoms with Crippen LogP contribution in [0.25, 0.3) is 11.1 Å². The van der Waals surface area contributed by atoms with Crippen molar-refractivity contribution < 1.29 is 0 Å². The van der Waals surface area contributed by atoms with Crippen LogP contribution in [-0.2, 0) is 0 Å². The number of benzene rings is 2. The Labute approximate surface area is 186 Å². The van der Waals surface area contributed by atoms with Gasteiger partial charge >= 0.3 is 0 Å². The molecule has 0 saturated carbocycles. The van der Waals surface area contributed by atoms with Crippen LogP contribution in [0.3, 0.4) is 0 Å². The van der Waals surface area contributed by atoms with E-state index in [0.29, 0.717) is 0 Å². The van der Waals surface area contributed by atoms with Gasteiger partial charge in [-0.15, -0.1) is 0 Å². The zero-order valence-corrected chi connectivity index (χ0v) is 20.2. The first-order valence-electron chi connectivity index (χ1n) is 11.4. The normalized spacial score (nSPS) is 12.0. The number of rotatable bonds is 9. The van der Waals surface area contributed by atoms with Crippen LogP contribution >= 0.6 is 0 Å². The van der Waals surface area contributed by atoms with E-state index in [1.807, 2.05) is 13.0 Å². The van der Waals surface area contributed by atoms with Gasteiger partial charge in [-0.2, -0.15) is 0 Å². The molecule has 0 spiro atoms. The summed E-state index contributed by atoms with van der Waals surface area (Å²) in [7, 11) is 0. The van der Waals surface area contributed by atoms with Gasteiger partial charge in [0.25, 0.3) is 0 Å². The van der Waals surface area contributed by atoms with Gasteiger partial charge < -0.3 is 0 Å². The van der Waals surface area contributed by atoms with E-state index in [-0.39, 0.29) is 0 Å². The zero-order valence-electron chi connectivity index (χ0n) is 20.2. The van der Waals surface area contributed by atoms with Crippen molar-refractivity contribution in [3.63, 3.8) is 0 Å². The van der Waals surface area contributed by atoms with E-state index in [2.05, 4.69) is 96.3 Å². The Hall–Kier alpha value is -2.34. The van der Waals surface area contributed by atoms with Crippen molar-refractivity contribution in [2.75, 3.05) is 0 Å². The molecule has 0 N–H and O–H groups in total. The first kappa shape index (κ1) is 25.7. The van der Waals surface area contributed by atoms with Crippen LogP contribution in [0.2, 0.25) is 0 Å². The predicted octanol–water partition coefficient (Wildman–Crippen LogP) is 9.51. The van der Waals surface area contributed by atoms with E-state index in [1.165, 1.54) is 59.1 Å². The summed E-state index contributed by atoms with van der Waals surface area (Å²) >= 11 is 0. The standard InChI is InChI=1S/C19H28.C11H14/c1-5-10-16(3)12-9-14-18(11-6-2)19-15-8-7-13-17(19)4;1-8(2)11-7-5-6-9(3)10(11)4/h6-8,11,13,15-16H,2,5,9-10,12,14H2,1,3-4H3;5-7H,1H2,2-4H3/b18-11-;. The number of aryl methyl sites for hydroxylation is 2. The van der Waals surface area contributed by atoms with Crippen molar-refractivity contribution >= 4 is 11.1 Å². The summed E-state index contributed by atoms with van der Waals surface area (Å²) in [4.78, 5) is 0. The summed E-state index contributed by atoms with van der Waals surface area (Å²) in [6.45, 7) is 20.9. The van der Waals surface area contributed by atoms with E-state index >= 15 is 0 Å². The summed E-state index contributed by atoms with van der Waals surface area (Å²) in [5.41, 5.74) is 9.28. The molecule has 2 aromatic rings. The second kappa shape index (κ2) is 13.8. The molecule has 0 nitrogen and oxygen atoms in total. The number of hydrogen-bond acceptors (Lipinski definition) is 0. The van der Waals surface area contributed by atoms with Gasteiger partial charge in [0.2, 0.25) is 0 Å². The lowest BCUT2D eigenvalue weighted by atomic mass is 9.93. The van der Waals surface area contributed by atoms with Gasteiger partial charge in [-0.25, -0.2) is 0 Å². The molecular weight excluding hydrogens is 360 g/mol. The minimum absolute atomic E-state index is 0.854. The van der Waals surface area contributed by atoms with Crippen LogP contribution in [-0.4, -0.2) is 0 Å². The maximum Gasteiger partial charge on any atom is -0.0195 e. The fourth-order valence-corrected chi connectivity index (χ4v) is 3.87. The van der Waals surface area contributed by atoms with E-state index in [1.54, 1.807) is 0 Å². The van der Waals surface area contributed by atoms with Crippen LogP contribution in [0, 0.1) is 26.7 Å². The summed E-state index contributed by atoms with van der Waals surface area (Å²) < 4.78 is 0. The summed E-state index contributed by atoms with van der Waals surface area (Å²) in [5, 5.41) is 0. The van der Waals surface area contributed by atoms with Gasteiger partial charge in [-0.05, 0) is 79.8 Å². The molecule has 0 radical (unpaired) electrons. The molecule has 0 heteroatoms. The lowest BCUT2D eigenvalue weighted by Gasteiger charge is -2.13. The molecule has 2 aromatic carbocycles. The fraction of sp³-hybridized carbons (Fsp3) is 0.400. The molecule has 0 aliphatic carbocycles. The minimum atomic E-state index is 0.854. The summed E-state index contributed by atoms with van der Waals surface area (Å²) in [5.74, 6) is 0.854. The maximum absolute atomic E-state index is 3.93. The topological polar surface area (TPSA) is 0 Å². The Bertz CT molecular complexity index is 835. The van der Waals surface area contributed by atoms with Crippen molar-refractivity contribution in [1.29, 1.82) is 0 Å². The lowest BCUT2D eigenvalue weighted by Crippen LogP contribution is -1.95. The first-order chi connectivity index (χ1) is 14.3. The first-order valence-corrected chi connectivity index (χ1v) is 11.4. The quantitative estimate of drug-likeness (QED) is 0.366. The van der Waals surface area contributed by atoms with E-state index in [9.17, 15) is 0 Å². The van der Waals surface area contributed by atoms with Crippen LogP contribution in [0.4, 0.5) is 0 Å². The number of allylic oxidation sites excluding steroid dienone is 4. The monoisotopic (exact) mass is 402 g/mol. The average molecular weight is 403 g/mol. The third kappa shape index (κ3) is 8.57. The highest BCUT2D eigenvalue weighted by Gasteiger charge is 2.06. The van der Waals surface area contributed by atoms with E-state index in [0.717, 1.165) is 17.9 Å². The van der Waals surface area contributed by atoms with E-state index in [4.69, 9.17) is 0 Å². The molecule has 0 heterocycles. The van der Waals surface area contributed by atoms with Gasteiger partial charge in [0.05, 0.1) is 0 Å². The Kier molecular flexibility index (Phi) is 11.8. The molecule has 0 saturated heterocycles. The molecule has 162 valence electrons. The summed E-state index contributed by atoms with van der Waals surface area (Å²) in [6.07, 6.45) is 10.5. The Balaban J connectivity index is 0.000000346. The van der Waals surface area contributed by atoms with Crippen molar-refractivity contribution in [3.05, 3.63) is 95.6 Å². The van der Waals surface area contributed by atoms with Crippen molar-refractivity contribution in [1.82, 2.24) is 0 Å². The highest BCUT2D eigenvalue weighted by atomic mass is 14.1. The molecule has 2 rings (SSSR count). The van der Waals surface area contributed by atoms with Crippen LogP contribution in [0.1, 0.15) is 80.7 Å². The molecule has 0 aromatic heterocycles. The molecule has 30 heavy (non-hydrogen) atoms. The molecule has 0 aliphatic rings. The van der Waals surface area contributed by atoms with Crippen LogP contribution < -0.4 is 0 Å². The highest BCUT2D eigenvalue weighted by molar-refractivity contribution is 5.69. The van der Waals surface area contributed by atoms with Gasteiger partial charge in [-0.3, -0.25) is 0 Å². The van der Waals surface area contributed by atoms with E-state index < -0.39 is 0 Å². The Morgan fingerprint density at radius 2 is 1.57 bits per heavy atom. The SMILES string of the molecule is C=C(C)c1cccc(C)c1C.C=C/C=C(/CCCC(C)CCC)c1ccccc1C. The fourth-order valence-electron chi connectivity index (χ4n) is 3.87. The van der Waals surface area contributed by atoms with Gasteiger partial charge in [0.15, 0.2) is 0 Å². The van der Waals surface area contributed by atoms with Gasteiger partial charge in [0.1, 0.15) is 0 Å². The minimum Gasteiger partial charge on any atom is -0.0991 e. The van der Waals surface area contributed by atoms with Gasteiger partial charge in [-0.1, -0.05) is 106 Å². The van der Waals surface area contributed by atoms with Crippen molar-refractivity contribution in [3.8, 4) is 0 Å². The Morgan fingerprint density at radius 3 is 2.13 bits per heavy atom. The largest absolute Gasteiger partial charge is 0.0991 e. The summed E-state index contributed by atoms with van der Waals surface area (Å²) in [6, 6.07) is 15.0. The van der Waals surface area contributed by atoms with Crippen LogP contribution in [0.15, 0.2) is 67.8 Å². The molecule has 0 bridgehead atoms. The molecular formula is C30H42. The number of hydrogen-bond donors (Lipinski definition) is 0. The van der Waals surface area contributed by atoms with Crippen LogP contribution in [0.5, 0.6) is 0 Å². The third-order valence-electron chi connectivity index (χ3n) is 5.80.